The number of hydrogen-bond donors (Lipinski definition) is 1. The molecule has 0 aromatic heterocycles. The standard InChI is InChI=1S/C17H24ClNO3S/c1-4-12(2)16(17(21)22-3)19-15(20)6-5-11-23-14-9-7-13(18)8-10-14/h7-10,12,16H,4-6,11H2,1-3H3,(H,19,20). The van der Waals surface area contributed by atoms with E-state index in [0.717, 1.165) is 23.5 Å². The zero-order chi connectivity index (χ0) is 17.2. The lowest BCUT2D eigenvalue weighted by Gasteiger charge is -2.21. The van der Waals surface area contributed by atoms with Crippen molar-refractivity contribution >= 4 is 35.2 Å². The zero-order valence-electron chi connectivity index (χ0n) is 13.8. The van der Waals surface area contributed by atoms with Crippen molar-refractivity contribution in [3.63, 3.8) is 0 Å². The van der Waals surface area contributed by atoms with Crippen molar-refractivity contribution in [2.75, 3.05) is 12.9 Å². The van der Waals surface area contributed by atoms with Gasteiger partial charge in [-0.1, -0.05) is 31.9 Å². The van der Waals surface area contributed by atoms with E-state index < -0.39 is 6.04 Å². The van der Waals surface area contributed by atoms with Crippen LogP contribution in [0.25, 0.3) is 0 Å². The van der Waals surface area contributed by atoms with Crippen molar-refractivity contribution in [3.8, 4) is 0 Å². The van der Waals surface area contributed by atoms with Crippen LogP contribution in [0.4, 0.5) is 0 Å². The largest absolute Gasteiger partial charge is 0.467 e. The van der Waals surface area contributed by atoms with Crippen LogP contribution >= 0.6 is 23.4 Å². The van der Waals surface area contributed by atoms with Crippen molar-refractivity contribution in [2.45, 2.75) is 44.0 Å². The van der Waals surface area contributed by atoms with Crippen LogP contribution in [0.1, 0.15) is 33.1 Å². The fraction of sp³-hybridized carbons (Fsp3) is 0.529. The molecule has 2 atom stereocenters. The monoisotopic (exact) mass is 357 g/mol. The minimum absolute atomic E-state index is 0.0508. The lowest BCUT2D eigenvalue weighted by Crippen LogP contribution is -2.45. The third-order valence-electron chi connectivity index (χ3n) is 3.62. The van der Waals surface area contributed by atoms with Crippen LogP contribution in [0, 0.1) is 5.92 Å². The quantitative estimate of drug-likeness (QED) is 0.413. The summed E-state index contributed by atoms with van der Waals surface area (Å²) in [4.78, 5) is 24.9. The second kappa shape index (κ2) is 10.6. The highest BCUT2D eigenvalue weighted by Gasteiger charge is 2.26. The summed E-state index contributed by atoms with van der Waals surface area (Å²) in [6.07, 6.45) is 1.94. The van der Waals surface area contributed by atoms with Gasteiger partial charge in [-0.3, -0.25) is 4.79 Å². The number of nitrogens with one attached hydrogen (secondary N) is 1. The van der Waals surface area contributed by atoms with E-state index >= 15 is 0 Å². The van der Waals surface area contributed by atoms with E-state index in [4.69, 9.17) is 16.3 Å². The van der Waals surface area contributed by atoms with Crippen LogP contribution in [-0.4, -0.2) is 30.8 Å². The van der Waals surface area contributed by atoms with Crippen molar-refractivity contribution in [1.82, 2.24) is 5.32 Å². The minimum atomic E-state index is -0.568. The number of thioether (sulfide) groups is 1. The maximum Gasteiger partial charge on any atom is 0.328 e. The average Bonchev–Trinajstić information content (AvgIpc) is 2.56. The molecule has 1 amide bonds. The van der Waals surface area contributed by atoms with Gasteiger partial charge in [0, 0.05) is 16.3 Å². The number of esters is 1. The van der Waals surface area contributed by atoms with Crippen LogP contribution in [0.2, 0.25) is 5.02 Å². The Hall–Kier alpha value is -1.20. The molecule has 1 aromatic carbocycles. The molecule has 0 aliphatic carbocycles. The number of carbonyl (C=O) groups is 2. The van der Waals surface area contributed by atoms with Gasteiger partial charge in [-0.25, -0.2) is 4.79 Å². The molecule has 128 valence electrons. The van der Waals surface area contributed by atoms with Gasteiger partial charge in [-0.15, -0.1) is 11.8 Å². The Balaban J connectivity index is 2.34. The summed E-state index contributed by atoms with van der Waals surface area (Å²) in [5.41, 5.74) is 0. The van der Waals surface area contributed by atoms with Crippen molar-refractivity contribution in [1.29, 1.82) is 0 Å². The summed E-state index contributed by atoms with van der Waals surface area (Å²) in [5.74, 6) is 0.386. The molecule has 0 aliphatic heterocycles. The van der Waals surface area contributed by atoms with E-state index in [1.165, 1.54) is 7.11 Å². The fourth-order valence-electron chi connectivity index (χ4n) is 2.00. The van der Waals surface area contributed by atoms with Crippen LogP contribution < -0.4 is 5.32 Å². The van der Waals surface area contributed by atoms with Gasteiger partial charge in [0.15, 0.2) is 0 Å². The number of hydrogen-bond acceptors (Lipinski definition) is 4. The summed E-state index contributed by atoms with van der Waals surface area (Å²) in [6.45, 7) is 3.91. The maximum absolute atomic E-state index is 12.0. The fourth-order valence-corrected chi connectivity index (χ4v) is 2.97. The molecular weight excluding hydrogens is 334 g/mol. The molecule has 0 aliphatic rings. The third kappa shape index (κ3) is 7.27. The lowest BCUT2D eigenvalue weighted by molar-refractivity contribution is -0.146. The number of carbonyl (C=O) groups excluding carboxylic acids is 2. The van der Waals surface area contributed by atoms with E-state index in [-0.39, 0.29) is 17.8 Å². The van der Waals surface area contributed by atoms with Gasteiger partial charge in [0.2, 0.25) is 5.91 Å². The minimum Gasteiger partial charge on any atom is -0.467 e. The van der Waals surface area contributed by atoms with Crippen LogP contribution in [0.5, 0.6) is 0 Å². The normalized spacial score (nSPS) is 13.2. The summed E-state index contributed by atoms with van der Waals surface area (Å²) in [7, 11) is 1.34. The van der Waals surface area contributed by atoms with Crippen LogP contribution in [0.15, 0.2) is 29.2 Å². The summed E-state index contributed by atoms with van der Waals surface area (Å²) >= 11 is 7.52. The Morgan fingerprint density at radius 3 is 2.52 bits per heavy atom. The van der Waals surface area contributed by atoms with Gasteiger partial charge in [0.25, 0.3) is 0 Å². The van der Waals surface area contributed by atoms with Gasteiger partial charge in [-0.05, 0) is 42.4 Å². The van der Waals surface area contributed by atoms with Gasteiger partial charge in [-0.2, -0.15) is 0 Å². The Labute approximate surface area is 147 Å². The van der Waals surface area contributed by atoms with E-state index in [1.54, 1.807) is 11.8 Å². The topological polar surface area (TPSA) is 55.4 Å². The van der Waals surface area contributed by atoms with Gasteiger partial charge in [0.1, 0.15) is 6.04 Å². The van der Waals surface area contributed by atoms with Crippen molar-refractivity contribution in [3.05, 3.63) is 29.3 Å². The van der Waals surface area contributed by atoms with Crippen LogP contribution in [0.3, 0.4) is 0 Å². The SMILES string of the molecule is CCC(C)C(NC(=O)CCCSc1ccc(Cl)cc1)C(=O)OC. The summed E-state index contributed by atoms with van der Waals surface area (Å²) < 4.78 is 4.76. The molecule has 2 unspecified atom stereocenters. The number of benzene rings is 1. The van der Waals surface area contributed by atoms with E-state index in [2.05, 4.69) is 5.32 Å². The molecule has 0 spiro atoms. The van der Waals surface area contributed by atoms with E-state index in [9.17, 15) is 9.59 Å². The molecule has 0 heterocycles. The second-order valence-electron chi connectivity index (χ2n) is 5.36. The van der Waals surface area contributed by atoms with Gasteiger partial charge >= 0.3 is 5.97 Å². The smallest absolute Gasteiger partial charge is 0.328 e. The number of methoxy groups -OCH3 is 1. The van der Waals surface area contributed by atoms with Crippen molar-refractivity contribution < 1.29 is 14.3 Å². The predicted molar refractivity (Wildman–Crippen MR) is 94.8 cm³/mol. The maximum atomic E-state index is 12.0. The Morgan fingerprint density at radius 1 is 1.30 bits per heavy atom. The highest BCUT2D eigenvalue weighted by molar-refractivity contribution is 7.99. The first kappa shape index (κ1) is 19.8. The first-order valence-corrected chi connectivity index (χ1v) is 9.09. The highest BCUT2D eigenvalue weighted by atomic mass is 35.5. The molecule has 23 heavy (non-hydrogen) atoms. The first-order chi connectivity index (χ1) is 11.0. The Kier molecular flexibility index (Phi) is 9.10. The molecule has 6 heteroatoms. The van der Waals surface area contributed by atoms with E-state index in [1.807, 2.05) is 38.1 Å². The second-order valence-corrected chi connectivity index (χ2v) is 6.96. The molecule has 4 nitrogen and oxygen atoms in total. The average molecular weight is 358 g/mol. The first-order valence-electron chi connectivity index (χ1n) is 7.73. The lowest BCUT2D eigenvalue weighted by atomic mass is 9.99. The highest BCUT2D eigenvalue weighted by Crippen LogP contribution is 2.21. The number of ether oxygens (including phenoxy) is 1. The van der Waals surface area contributed by atoms with E-state index in [0.29, 0.717) is 11.4 Å². The molecule has 0 saturated heterocycles. The molecule has 0 radical (unpaired) electrons. The van der Waals surface area contributed by atoms with Crippen LogP contribution in [-0.2, 0) is 14.3 Å². The molecule has 0 fully saturated rings. The summed E-state index contributed by atoms with van der Waals surface area (Å²) in [6, 6.07) is 7.06. The van der Waals surface area contributed by atoms with Crippen molar-refractivity contribution in [2.24, 2.45) is 5.92 Å². The zero-order valence-corrected chi connectivity index (χ0v) is 15.4. The third-order valence-corrected chi connectivity index (χ3v) is 4.97. The molecule has 0 bridgehead atoms. The Morgan fingerprint density at radius 2 is 1.96 bits per heavy atom. The number of rotatable bonds is 9. The summed E-state index contributed by atoms with van der Waals surface area (Å²) in [5, 5.41) is 3.50. The Bertz CT molecular complexity index is 507. The van der Waals surface area contributed by atoms with Gasteiger partial charge in [0.05, 0.1) is 7.11 Å². The predicted octanol–water partition coefficient (Wildman–Crippen LogP) is 3.92. The molecule has 1 N–H and O–H groups in total. The number of halogens is 1. The molecule has 1 aromatic rings. The molecule has 0 saturated carbocycles. The molecule has 1 rings (SSSR count). The number of amides is 1. The van der Waals surface area contributed by atoms with Gasteiger partial charge < -0.3 is 10.1 Å². The molecular formula is C17H24ClNO3S.